The smallest absolute Gasteiger partial charge is 0.378 e. The van der Waals surface area contributed by atoms with Crippen molar-refractivity contribution >= 4 is 5.82 Å². The third-order valence-corrected chi connectivity index (χ3v) is 6.60. The number of alkyl halides is 3. The maximum atomic E-state index is 14.0. The predicted molar refractivity (Wildman–Crippen MR) is 110 cm³/mol. The summed E-state index contributed by atoms with van der Waals surface area (Å²) in [6, 6.07) is 1.53. The molecule has 2 aliphatic carbocycles. The number of likely N-dealkylation sites (tertiary alicyclic amines) is 1. The molecule has 6 atom stereocenters. The fraction of sp³-hybridized carbons (Fsp3) is 0.455. The second-order valence-corrected chi connectivity index (χ2v) is 8.67. The number of aromatic nitrogens is 4. The van der Waals surface area contributed by atoms with Crippen molar-refractivity contribution in [2.24, 2.45) is 11.8 Å². The van der Waals surface area contributed by atoms with E-state index in [1.165, 1.54) is 12.2 Å². The van der Waals surface area contributed by atoms with Gasteiger partial charge >= 0.3 is 6.18 Å². The Hall–Kier alpha value is -2.92. The molecule has 2 aromatic rings. The van der Waals surface area contributed by atoms with E-state index in [4.69, 9.17) is 0 Å². The minimum absolute atomic E-state index is 0.0458. The molecule has 0 spiro atoms. The summed E-state index contributed by atoms with van der Waals surface area (Å²) in [6.45, 7) is 0.682. The first-order chi connectivity index (χ1) is 15.8. The number of nitrogens with zero attached hydrogens (tertiary/aromatic N) is 5. The summed E-state index contributed by atoms with van der Waals surface area (Å²) in [7, 11) is 0. The number of piperidine rings is 1. The van der Waals surface area contributed by atoms with Gasteiger partial charge < -0.3 is 10.4 Å². The first kappa shape index (κ1) is 21.9. The molecular weight excluding hydrogens is 440 g/mol. The van der Waals surface area contributed by atoms with Crippen LogP contribution in [0.4, 0.5) is 23.4 Å². The number of fused-ring (bicyclic) bond motifs is 2. The summed E-state index contributed by atoms with van der Waals surface area (Å²) in [6.07, 6.45) is 5.58. The quantitative estimate of drug-likeness (QED) is 0.660. The Balaban J connectivity index is 1.31. The summed E-state index contributed by atoms with van der Waals surface area (Å²) in [5, 5.41) is 14.5. The summed E-state index contributed by atoms with van der Waals surface area (Å²) in [5.41, 5.74) is -1.04. The fourth-order valence-electron chi connectivity index (χ4n) is 5.16. The van der Waals surface area contributed by atoms with Crippen molar-refractivity contribution in [1.29, 1.82) is 0 Å². The van der Waals surface area contributed by atoms with Crippen molar-refractivity contribution in [3.63, 3.8) is 0 Å². The van der Waals surface area contributed by atoms with Crippen molar-refractivity contribution in [2.45, 2.75) is 43.2 Å². The van der Waals surface area contributed by atoms with E-state index in [1.807, 2.05) is 4.90 Å². The van der Waals surface area contributed by atoms with Crippen molar-refractivity contribution in [2.75, 3.05) is 11.9 Å². The van der Waals surface area contributed by atoms with Crippen LogP contribution < -0.4 is 5.32 Å². The van der Waals surface area contributed by atoms with E-state index in [2.05, 4.69) is 25.3 Å². The maximum Gasteiger partial charge on any atom is 0.434 e. The molecule has 2 aromatic heterocycles. The van der Waals surface area contributed by atoms with Crippen LogP contribution in [-0.4, -0.2) is 54.8 Å². The fourth-order valence-corrected chi connectivity index (χ4v) is 5.16. The van der Waals surface area contributed by atoms with Gasteiger partial charge in [0.25, 0.3) is 0 Å². The van der Waals surface area contributed by atoms with E-state index in [-0.39, 0.29) is 17.9 Å². The highest BCUT2D eigenvalue weighted by Crippen LogP contribution is 2.43. The van der Waals surface area contributed by atoms with E-state index in [1.54, 1.807) is 24.5 Å². The number of halogens is 4. The van der Waals surface area contributed by atoms with E-state index in [9.17, 15) is 22.7 Å². The van der Waals surface area contributed by atoms with Gasteiger partial charge in [-0.3, -0.25) is 4.90 Å². The van der Waals surface area contributed by atoms with Gasteiger partial charge in [-0.1, -0.05) is 6.08 Å². The number of anilines is 1. The second kappa shape index (κ2) is 8.45. The molecule has 1 saturated carbocycles. The zero-order valence-electron chi connectivity index (χ0n) is 17.4. The molecule has 0 radical (unpaired) electrons. The van der Waals surface area contributed by atoms with E-state index in [0.717, 1.165) is 19.0 Å². The Morgan fingerprint density at radius 1 is 1.09 bits per heavy atom. The van der Waals surface area contributed by atoms with Crippen LogP contribution in [-0.2, 0) is 6.18 Å². The monoisotopic (exact) mass is 462 g/mol. The Morgan fingerprint density at radius 2 is 1.88 bits per heavy atom. The van der Waals surface area contributed by atoms with Gasteiger partial charge in [0.1, 0.15) is 23.7 Å². The molecule has 0 aromatic carbocycles. The van der Waals surface area contributed by atoms with Crippen LogP contribution in [0.2, 0.25) is 0 Å². The van der Waals surface area contributed by atoms with Gasteiger partial charge in [0.15, 0.2) is 5.69 Å². The van der Waals surface area contributed by atoms with E-state index in [0.29, 0.717) is 24.5 Å². The average Bonchev–Trinajstić information content (AvgIpc) is 3.40. The molecule has 7 nitrogen and oxygen atoms in total. The van der Waals surface area contributed by atoms with Crippen molar-refractivity contribution in [1.82, 2.24) is 24.8 Å². The second-order valence-electron chi connectivity index (χ2n) is 8.67. The van der Waals surface area contributed by atoms with Gasteiger partial charge in [-0.05, 0) is 37.0 Å². The molecule has 3 heterocycles. The van der Waals surface area contributed by atoms with Crippen LogP contribution in [0.1, 0.15) is 30.3 Å². The van der Waals surface area contributed by atoms with Gasteiger partial charge in [-0.15, -0.1) is 0 Å². The first-order valence-corrected chi connectivity index (χ1v) is 10.7. The molecule has 5 rings (SSSR count). The first-order valence-electron chi connectivity index (χ1n) is 10.7. The minimum atomic E-state index is -4.54. The molecule has 6 unspecified atom stereocenters. The minimum Gasteiger partial charge on any atom is -0.378 e. The Morgan fingerprint density at radius 3 is 2.55 bits per heavy atom. The zero-order valence-corrected chi connectivity index (χ0v) is 17.4. The summed E-state index contributed by atoms with van der Waals surface area (Å²) < 4.78 is 52.2. The van der Waals surface area contributed by atoms with Crippen LogP contribution in [0, 0.1) is 11.8 Å². The van der Waals surface area contributed by atoms with Gasteiger partial charge in [0.2, 0.25) is 0 Å². The van der Waals surface area contributed by atoms with E-state index >= 15 is 0 Å². The SMILES string of the molecule is OC(C1C=CC(F)=CC1c1ncccn1)N1CC2CC(Nc3cnc(C(F)(F)F)cn3)C1C2. The molecule has 33 heavy (non-hydrogen) atoms. The molecule has 11 heteroatoms. The largest absolute Gasteiger partial charge is 0.434 e. The van der Waals surface area contributed by atoms with Crippen molar-refractivity contribution in [3.05, 3.63) is 66.4 Å². The number of hydrogen-bond acceptors (Lipinski definition) is 7. The molecule has 1 saturated heterocycles. The van der Waals surface area contributed by atoms with E-state index < -0.39 is 35.8 Å². The Bertz CT molecular complexity index is 1050. The van der Waals surface area contributed by atoms with Gasteiger partial charge in [-0.2, -0.15) is 13.2 Å². The number of aliphatic hydroxyl groups excluding tert-OH is 1. The lowest BCUT2D eigenvalue weighted by Crippen LogP contribution is -2.52. The molecular formula is C22H22F4N6O. The summed E-state index contributed by atoms with van der Waals surface area (Å²) >= 11 is 0. The third-order valence-electron chi connectivity index (χ3n) is 6.60. The van der Waals surface area contributed by atoms with Crippen LogP contribution in [0.15, 0.2) is 54.9 Å². The van der Waals surface area contributed by atoms with Crippen LogP contribution in [0.5, 0.6) is 0 Å². The molecule has 2 N–H and O–H groups in total. The third kappa shape index (κ3) is 4.34. The highest BCUT2D eigenvalue weighted by Gasteiger charge is 2.49. The lowest BCUT2D eigenvalue weighted by molar-refractivity contribution is -0.141. The standard InChI is InChI=1S/C22H22F4N6O/c23-13-2-3-14(15(8-13)20-27-4-1-5-28-20)21(33)32-11-12-6-16(17(32)7-12)31-19-10-29-18(9-30-19)22(24,25)26/h1-5,8-10,12,14-17,21,33H,6-7,11H2,(H,30,31). The lowest BCUT2D eigenvalue weighted by Gasteiger charge is -2.41. The number of allylic oxidation sites excluding steroid dienone is 3. The molecule has 0 amide bonds. The van der Waals surface area contributed by atoms with Crippen LogP contribution in [0.3, 0.4) is 0 Å². The van der Waals surface area contributed by atoms with Crippen molar-refractivity contribution < 1.29 is 22.7 Å². The van der Waals surface area contributed by atoms with Gasteiger partial charge in [0, 0.05) is 36.9 Å². The molecule has 2 fully saturated rings. The zero-order chi connectivity index (χ0) is 23.2. The number of nitrogens with one attached hydrogen (secondary N) is 1. The molecule has 2 bridgehead atoms. The average molecular weight is 462 g/mol. The summed E-state index contributed by atoms with van der Waals surface area (Å²) in [5.74, 6) is -0.349. The Kier molecular flexibility index (Phi) is 5.61. The summed E-state index contributed by atoms with van der Waals surface area (Å²) in [4.78, 5) is 17.8. The van der Waals surface area contributed by atoms with Crippen molar-refractivity contribution in [3.8, 4) is 0 Å². The normalized spacial score (nSPS) is 30.3. The lowest BCUT2D eigenvalue weighted by atomic mass is 9.84. The predicted octanol–water partition coefficient (Wildman–Crippen LogP) is 3.30. The molecule has 174 valence electrons. The van der Waals surface area contributed by atoms with Crippen LogP contribution >= 0.6 is 0 Å². The topological polar surface area (TPSA) is 87.1 Å². The van der Waals surface area contributed by atoms with Gasteiger partial charge in [-0.25, -0.2) is 24.3 Å². The van der Waals surface area contributed by atoms with Crippen LogP contribution in [0.25, 0.3) is 0 Å². The number of hydrogen-bond donors (Lipinski definition) is 2. The number of aliphatic hydroxyl groups is 1. The highest BCUT2D eigenvalue weighted by atomic mass is 19.4. The molecule has 1 aliphatic heterocycles. The molecule has 3 aliphatic rings. The number of rotatable bonds is 5. The maximum absolute atomic E-state index is 14.0. The highest BCUT2D eigenvalue weighted by molar-refractivity contribution is 5.35. The Labute approximate surface area is 187 Å². The van der Waals surface area contributed by atoms with Gasteiger partial charge in [0.05, 0.1) is 18.3 Å².